The maximum atomic E-state index is 13.4. The molecule has 0 radical (unpaired) electrons. The number of aliphatic carboxylic acids is 4. The van der Waals surface area contributed by atoms with Gasteiger partial charge >= 0.3 is 29.8 Å². The summed E-state index contributed by atoms with van der Waals surface area (Å²) >= 11 is 0. The van der Waals surface area contributed by atoms with Crippen molar-refractivity contribution in [3.05, 3.63) is 0 Å². The van der Waals surface area contributed by atoms with Gasteiger partial charge in [-0.2, -0.15) is 0 Å². The van der Waals surface area contributed by atoms with E-state index in [0.29, 0.717) is 25.7 Å². The average molecular weight is 594 g/mol. The lowest BCUT2D eigenvalue weighted by Crippen LogP contribution is -2.69. The number of amides is 1. The van der Waals surface area contributed by atoms with Gasteiger partial charge in [0.1, 0.15) is 0 Å². The molecule has 1 amide bonds. The van der Waals surface area contributed by atoms with Gasteiger partial charge in [0.25, 0.3) is 0 Å². The molecule has 0 rings (SSSR count). The normalized spacial score (nSPS) is 12.7. The number of hydrogen-bond acceptors (Lipinski definition) is 10. The number of carboxylic acid groups (broad SMARTS) is 4. The summed E-state index contributed by atoms with van der Waals surface area (Å²) in [5, 5.41) is 38.3. The van der Waals surface area contributed by atoms with E-state index in [9.17, 15) is 28.8 Å². The van der Waals surface area contributed by atoms with Crippen LogP contribution < -0.4 is 5.32 Å². The van der Waals surface area contributed by atoms with Gasteiger partial charge in [0.2, 0.25) is 6.41 Å². The van der Waals surface area contributed by atoms with Crippen LogP contribution in [0.5, 0.6) is 0 Å². The summed E-state index contributed by atoms with van der Waals surface area (Å²) in [4.78, 5) is 69.0. The van der Waals surface area contributed by atoms with Gasteiger partial charge in [-0.25, -0.2) is 4.79 Å². The maximum Gasteiger partial charge on any atom is 0.334 e. The molecule has 1 atom stereocenters. The zero-order chi connectivity index (χ0) is 31.2. The minimum absolute atomic E-state index is 0.0748. The summed E-state index contributed by atoms with van der Waals surface area (Å²) in [5.41, 5.74) is -3.43. The fourth-order valence-electron chi connectivity index (χ4n) is 4.29. The first-order valence-corrected chi connectivity index (χ1v) is 13.4. The van der Waals surface area contributed by atoms with Crippen molar-refractivity contribution in [3.63, 3.8) is 0 Å². The smallest absolute Gasteiger partial charge is 0.334 e. The molecule has 5 N–H and O–H groups in total. The van der Waals surface area contributed by atoms with E-state index in [1.54, 1.807) is 0 Å². The molecule has 236 valence electrons. The molecule has 0 bridgehead atoms. The zero-order valence-corrected chi connectivity index (χ0v) is 23.5. The molecule has 0 fully saturated rings. The predicted octanol–water partition coefficient (Wildman–Crippen LogP) is 1.31. The molecule has 0 spiro atoms. The van der Waals surface area contributed by atoms with Gasteiger partial charge in [-0.15, -0.1) is 0 Å². The zero-order valence-electron chi connectivity index (χ0n) is 23.5. The lowest BCUT2D eigenvalue weighted by molar-refractivity contribution is -0.174. The quantitative estimate of drug-likeness (QED) is 0.0489. The van der Waals surface area contributed by atoms with E-state index < -0.39 is 53.8 Å². The first-order chi connectivity index (χ1) is 19.5. The van der Waals surface area contributed by atoms with Crippen LogP contribution in [0.4, 0.5) is 0 Å². The van der Waals surface area contributed by atoms with Crippen LogP contribution in [0, 0.1) is 5.41 Å². The van der Waals surface area contributed by atoms with Crippen LogP contribution in [0.15, 0.2) is 0 Å². The lowest BCUT2D eigenvalue weighted by Gasteiger charge is -2.47. The summed E-state index contributed by atoms with van der Waals surface area (Å²) < 4.78 is 21.9. The molecular formula is C26H43NO14. The minimum atomic E-state index is -1.98. The third-order valence-corrected chi connectivity index (χ3v) is 6.50. The Hall–Kier alpha value is -3.30. The Morgan fingerprint density at radius 2 is 1.05 bits per heavy atom. The van der Waals surface area contributed by atoms with E-state index in [1.807, 2.05) is 0 Å². The number of nitrogens with one attached hydrogen (secondary N) is 1. The molecular weight excluding hydrogens is 550 g/mol. The average Bonchev–Trinajstić information content (AvgIpc) is 2.90. The molecule has 41 heavy (non-hydrogen) atoms. The van der Waals surface area contributed by atoms with Gasteiger partial charge in [0, 0.05) is 6.42 Å². The highest BCUT2D eigenvalue weighted by Gasteiger charge is 2.58. The Labute approximate surface area is 238 Å². The summed E-state index contributed by atoms with van der Waals surface area (Å²) in [6.45, 7) is -1.96. The van der Waals surface area contributed by atoms with Crippen LogP contribution in [0.3, 0.4) is 0 Å². The van der Waals surface area contributed by atoms with Crippen molar-refractivity contribution in [2.24, 2.45) is 5.41 Å². The predicted molar refractivity (Wildman–Crippen MR) is 140 cm³/mol. The monoisotopic (exact) mass is 593 g/mol. The van der Waals surface area contributed by atoms with E-state index in [2.05, 4.69) is 5.32 Å². The number of carboxylic acids is 4. The second-order valence-corrected chi connectivity index (χ2v) is 9.54. The third kappa shape index (κ3) is 15.3. The third-order valence-electron chi connectivity index (χ3n) is 6.50. The van der Waals surface area contributed by atoms with Gasteiger partial charge in [-0.3, -0.25) is 24.0 Å². The summed E-state index contributed by atoms with van der Waals surface area (Å²) in [5.74, 6) is -5.22. The molecule has 15 heteroatoms. The van der Waals surface area contributed by atoms with E-state index in [1.165, 1.54) is 0 Å². The minimum Gasteiger partial charge on any atom is -0.481 e. The number of carbonyl (C=O) groups is 6. The van der Waals surface area contributed by atoms with E-state index in [4.69, 9.17) is 39.4 Å². The molecule has 0 aliphatic carbocycles. The SMILES string of the molecule is COC(=O)C(COCCC(=O)O)(NC=O)C(CCCCCCCCC(=O)O)(COCCC(=O)O)COCCC(=O)O. The Morgan fingerprint density at radius 1 is 0.634 bits per heavy atom. The molecule has 0 aromatic carbocycles. The molecule has 0 aliphatic rings. The summed E-state index contributed by atoms with van der Waals surface area (Å²) in [6.07, 6.45) is 3.22. The van der Waals surface area contributed by atoms with Gasteiger partial charge in [0.05, 0.1) is 71.4 Å². The van der Waals surface area contributed by atoms with E-state index in [0.717, 1.165) is 20.0 Å². The van der Waals surface area contributed by atoms with Crippen LogP contribution in [-0.2, 0) is 47.7 Å². The van der Waals surface area contributed by atoms with Crippen molar-refractivity contribution in [3.8, 4) is 0 Å². The topological polar surface area (TPSA) is 232 Å². The Balaban J connectivity index is 6.19. The lowest BCUT2D eigenvalue weighted by atomic mass is 9.67. The van der Waals surface area contributed by atoms with Gasteiger partial charge in [0.15, 0.2) is 5.54 Å². The van der Waals surface area contributed by atoms with Crippen LogP contribution in [-0.4, -0.2) is 109 Å². The van der Waals surface area contributed by atoms with Crippen LogP contribution in [0.25, 0.3) is 0 Å². The Bertz CT molecular complexity index is 811. The number of ether oxygens (including phenoxy) is 4. The highest BCUT2D eigenvalue weighted by atomic mass is 16.5. The van der Waals surface area contributed by atoms with Crippen LogP contribution in [0.1, 0.15) is 70.6 Å². The molecule has 0 saturated carbocycles. The number of unbranched alkanes of at least 4 members (excludes halogenated alkanes) is 5. The highest BCUT2D eigenvalue weighted by molar-refractivity contribution is 5.85. The van der Waals surface area contributed by atoms with Crippen molar-refractivity contribution in [1.82, 2.24) is 5.32 Å². The van der Waals surface area contributed by atoms with Gasteiger partial charge in [-0.1, -0.05) is 32.1 Å². The maximum absolute atomic E-state index is 13.4. The van der Waals surface area contributed by atoms with E-state index in [-0.39, 0.29) is 65.1 Å². The van der Waals surface area contributed by atoms with Crippen molar-refractivity contribution in [2.75, 3.05) is 46.8 Å². The Morgan fingerprint density at radius 3 is 1.46 bits per heavy atom. The molecule has 1 unspecified atom stereocenters. The number of esters is 1. The largest absolute Gasteiger partial charge is 0.481 e. The number of hydrogen-bond donors (Lipinski definition) is 5. The first kappa shape index (κ1) is 37.7. The molecule has 0 saturated heterocycles. The number of methoxy groups -OCH3 is 1. The number of rotatable bonds is 28. The molecule has 0 heterocycles. The van der Waals surface area contributed by atoms with Crippen molar-refractivity contribution < 1.29 is 68.1 Å². The second kappa shape index (κ2) is 21.4. The molecule has 15 nitrogen and oxygen atoms in total. The first-order valence-electron chi connectivity index (χ1n) is 13.4. The molecule has 0 aromatic rings. The van der Waals surface area contributed by atoms with Crippen LogP contribution >= 0.6 is 0 Å². The van der Waals surface area contributed by atoms with Crippen molar-refractivity contribution in [2.45, 2.75) is 76.2 Å². The fourth-order valence-corrected chi connectivity index (χ4v) is 4.29. The van der Waals surface area contributed by atoms with Crippen molar-refractivity contribution >= 4 is 36.3 Å². The van der Waals surface area contributed by atoms with Gasteiger partial charge < -0.3 is 44.7 Å². The second-order valence-electron chi connectivity index (χ2n) is 9.54. The molecule has 0 aliphatic heterocycles. The van der Waals surface area contributed by atoms with Crippen molar-refractivity contribution in [1.29, 1.82) is 0 Å². The van der Waals surface area contributed by atoms with E-state index >= 15 is 0 Å². The molecule has 0 aromatic heterocycles. The highest BCUT2D eigenvalue weighted by Crippen LogP contribution is 2.40. The summed E-state index contributed by atoms with van der Waals surface area (Å²) in [7, 11) is 1.08. The van der Waals surface area contributed by atoms with Gasteiger partial charge in [-0.05, 0) is 12.8 Å². The Kier molecular flexibility index (Phi) is 19.7. The fraction of sp³-hybridized carbons (Fsp3) is 0.769. The standard InChI is InChI=1S/C26H43NO14/c1-38-24(37)26(27-19-28,18-41-15-11-23(35)36)25(16-39-13-9-21(31)32,17-40-14-10-22(33)34)12-7-5-3-2-4-6-8-20(29)30/h19H,2-18H2,1H3,(H,27,28)(H,29,30)(H,31,32)(H,33,34)(H,35,36). The summed E-state index contributed by atoms with van der Waals surface area (Å²) in [6, 6.07) is 0. The number of carbonyl (C=O) groups excluding carboxylic acids is 2. The van der Waals surface area contributed by atoms with Crippen LogP contribution in [0.2, 0.25) is 0 Å².